The van der Waals surface area contributed by atoms with Gasteiger partial charge in [0, 0.05) is 6.54 Å². The number of sulfonamides is 1. The summed E-state index contributed by atoms with van der Waals surface area (Å²) in [5.74, 6) is 0. The molecule has 0 unspecified atom stereocenters. The third-order valence-corrected chi connectivity index (χ3v) is 3.39. The number of thiophene rings is 1. The highest BCUT2D eigenvalue weighted by Gasteiger charge is 2.18. The second-order valence-electron chi connectivity index (χ2n) is 2.20. The SMILES string of the molecule is NCc1csc(N)c1S(N)(=O)=O. The molecule has 0 radical (unpaired) electrons. The maximum Gasteiger partial charge on any atom is 0.241 e. The van der Waals surface area contributed by atoms with E-state index in [1.54, 1.807) is 5.38 Å². The number of primary sulfonamides is 1. The molecular formula is C5H9N3O2S2. The highest BCUT2D eigenvalue weighted by molar-refractivity contribution is 7.89. The van der Waals surface area contributed by atoms with Crippen molar-refractivity contribution in [1.82, 2.24) is 0 Å². The van der Waals surface area contributed by atoms with Gasteiger partial charge in [-0.15, -0.1) is 11.3 Å². The maximum atomic E-state index is 10.9. The quantitative estimate of drug-likeness (QED) is 0.603. The van der Waals surface area contributed by atoms with E-state index in [9.17, 15) is 8.42 Å². The van der Waals surface area contributed by atoms with E-state index < -0.39 is 10.0 Å². The zero-order chi connectivity index (χ0) is 9.35. The van der Waals surface area contributed by atoms with Crippen molar-refractivity contribution in [3.63, 3.8) is 0 Å². The molecule has 0 aliphatic heterocycles. The first-order valence-corrected chi connectivity index (χ1v) is 5.48. The lowest BCUT2D eigenvalue weighted by Gasteiger charge is -1.98. The van der Waals surface area contributed by atoms with Crippen LogP contribution in [0.3, 0.4) is 0 Å². The van der Waals surface area contributed by atoms with Gasteiger partial charge in [-0.3, -0.25) is 0 Å². The van der Waals surface area contributed by atoms with Crippen LogP contribution in [0.15, 0.2) is 10.3 Å². The van der Waals surface area contributed by atoms with Gasteiger partial charge < -0.3 is 11.5 Å². The molecule has 6 N–H and O–H groups in total. The Hall–Kier alpha value is -0.630. The molecule has 0 bridgehead atoms. The Morgan fingerprint density at radius 3 is 2.42 bits per heavy atom. The molecule has 7 heteroatoms. The van der Waals surface area contributed by atoms with Gasteiger partial charge in [-0.05, 0) is 10.9 Å². The minimum absolute atomic E-state index is 0.0324. The lowest BCUT2D eigenvalue weighted by atomic mass is 10.3. The van der Waals surface area contributed by atoms with E-state index in [0.717, 1.165) is 11.3 Å². The number of hydrogen-bond donors (Lipinski definition) is 3. The van der Waals surface area contributed by atoms with Crippen LogP contribution >= 0.6 is 11.3 Å². The highest BCUT2D eigenvalue weighted by atomic mass is 32.2. The molecule has 0 aliphatic carbocycles. The second kappa shape index (κ2) is 3.02. The molecule has 12 heavy (non-hydrogen) atoms. The summed E-state index contributed by atoms with van der Waals surface area (Å²) in [6, 6.07) is 0. The lowest BCUT2D eigenvalue weighted by molar-refractivity contribution is 0.597. The standard InChI is InChI=1S/C5H9N3O2S2/c6-1-3-2-11-5(7)4(3)12(8,9)10/h2H,1,6-7H2,(H2,8,9,10). The van der Waals surface area contributed by atoms with Crippen molar-refractivity contribution in [2.24, 2.45) is 10.9 Å². The molecule has 0 aromatic carbocycles. The van der Waals surface area contributed by atoms with Crippen molar-refractivity contribution in [3.05, 3.63) is 10.9 Å². The zero-order valence-electron chi connectivity index (χ0n) is 6.15. The topological polar surface area (TPSA) is 112 Å². The van der Waals surface area contributed by atoms with Gasteiger partial charge in [0.1, 0.15) is 9.90 Å². The summed E-state index contributed by atoms with van der Waals surface area (Å²) in [4.78, 5) is -0.0324. The molecule has 1 aromatic rings. The van der Waals surface area contributed by atoms with Crippen LogP contribution in [0.1, 0.15) is 5.56 Å². The first kappa shape index (κ1) is 9.46. The van der Waals surface area contributed by atoms with Gasteiger partial charge in [0.2, 0.25) is 10.0 Å². The summed E-state index contributed by atoms with van der Waals surface area (Å²) in [6.07, 6.45) is 0. The molecule has 1 rings (SSSR count). The van der Waals surface area contributed by atoms with Gasteiger partial charge in [0.15, 0.2) is 0 Å². The highest BCUT2D eigenvalue weighted by Crippen LogP contribution is 2.28. The maximum absolute atomic E-state index is 10.9. The minimum atomic E-state index is -3.73. The number of rotatable bonds is 2. The molecule has 68 valence electrons. The third-order valence-electron chi connectivity index (χ3n) is 1.35. The fourth-order valence-electron chi connectivity index (χ4n) is 0.864. The Bertz CT molecular complexity index is 381. The number of nitrogens with two attached hydrogens (primary N) is 3. The minimum Gasteiger partial charge on any atom is -0.389 e. The summed E-state index contributed by atoms with van der Waals surface area (Å²) in [5.41, 5.74) is 11.2. The Morgan fingerprint density at radius 1 is 1.50 bits per heavy atom. The smallest absolute Gasteiger partial charge is 0.241 e. The third kappa shape index (κ3) is 1.58. The van der Waals surface area contributed by atoms with E-state index in [0.29, 0.717) is 5.56 Å². The molecule has 0 saturated heterocycles. The Kier molecular flexibility index (Phi) is 2.38. The van der Waals surface area contributed by atoms with Gasteiger partial charge in [0.25, 0.3) is 0 Å². The predicted octanol–water partition coefficient (Wildman–Crippen LogP) is -0.564. The van der Waals surface area contributed by atoms with Gasteiger partial charge >= 0.3 is 0 Å². The molecule has 0 fully saturated rings. The summed E-state index contributed by atoms with van der Waals surface area (Å²) < 4.78 is 21.9. The van der Waals surface area contributed by atoms with Gasteiger partial charge in [0.05, 0.1) is 0 Å². The van der Waals surface area contributed by atoms with Crippen LogP contribution in [0.25, 0.3) is 0 Å². The van der Waals surface area contributed by atoms with E-state index >= 15 is 0 Å². The van der Waals surface area contributed by atoms with Crippen molar-refractivity contribution in [1.29, 1.82) is 0 Å². The largest absolute Gasteiger partial charge is 0.389 e. The van der Waals surface area contributed by atoms with Crippen LogP contribution in [0.4, 0.5) is 5.00 Å². The molecule has 0 atom stereocenters. The fraction of sp³-hybridized carbons (Fsp3) is 0.200. The first-order valence-electron chi connectivity index (χ1n) is 3.05. The van der Waals surface area contributed by atoms with Crippen LogP contribution in [0.2, 0.25) is 0 Å². The zero-order valence-corrected chi connectivity index (χ0v) is 7.78. The molecule has 1 aromatic heterocycles. The van der Waals surface area contributed by atoms with E-state index in [1.807, 2.05) is 0 Å². The van der Waals surface area contributed by atoms with E-state index in [1.165, 1.54) is 0 Å². The number of hydrogen-bond acceptors (Lipinski definition) is 5. The van der Waals surface area contributed by atoms with E-state index in [4.69, 9.17) is 16.6 Å². The average molecular weight is 207 g/mol. The van der Waals surface area contributed by atoms with Crippen LogP contribution in [-0.2, 0) is 16.6 Å². The van der Waals surface area contributed by atoms with Crippen LogP contribution < -0.4 is 16.6 Å². The van der Waals surface area contributed by atoms with Crippen LogP contribution in [0.5, 0.6) is 0 Å². The van der Waals surface area contributed by atoms with Crippen molar-refractivity contribution in [2.45, 2.75) is 11.4 Å². The van der Waals surface area contributed by atoms with Crippen molar-refractivity contribution >= 4 is 26.4 Å². The van der Waals surface area contributed by atoms with Crippen LogP contribution in [-0.4, -0.2) is 8.42 Å². The van der Waals surface area contributed by atoms with Crippen molar-refractivity contribution < 1.29 is 8.42 Å². The van der Waals surface area contributed by atoms with E-state index in [-0.39, 0.29) is 16.4 Å². The monoisotopic (exact) mass is 207 g/mol. The number of nitrogen functional groups attached to an aromatic ring is 1. The molecule has 5 nitrogen and oxygen atoms in total. The second-order valence-corrected chi connectivity index (χ2v) is 4.61. The molecule has 0 spiro atoms. The molecule has 0 saturated carbocycles. The molecular weight excluding hydrogens is 198 g/mol. The van der Waals surface area contributed by atoms with Crippen molar-refractivity contribution in [2.75, 3.05) is 5.73 Å². The van der Waals surface area contributed by atoms with Crippen LogP contribution in [0, 0.1) is 0 Å². The fourth-order valence-corrected chi connectivity index (χ4v) is 2.94. The Morgan fingerprint density at radius 2 is 2.08 bits per heavy atom. The van der Waals surface area contributed by atoms with Gasteiger partial charge in [-0.2, -0.15) is 0 Å². The lowest BCUT2D eigenvalue weighted by Crippen LogP contribution is -2.15. The molecule has 0 aliphatic rings. The normalized spacial score (nSPS) is 11.8. The molecule has 1 heterocycles. The molecule has 0 amide bonds. The Balaban J connectivity index is 3.39. The first-order chi connectivity index (χ1) is 5.46. The van der Waals surface area contributed by atoms with Gasteiger partial charge in [-0.1, -0.05) is 0 Å². The van der Waals surface area contributed by atoms with Gasteiger partial charge in [-0.25, -0.2) is 13.6 Å². The van der Waals surface area contributed by atoms with E-state index in [2.05, 4.69) is 0 Å². The summed E-state index contributed by atoms with van der Waals surface area (Å²) in [6.45, 7) is 0.124. The summed E-state index contributed by atoms with van der Waals surface area (Å²) in [7, 11) is -3.73. The Labute approximate surface area is 74.2 Å². The summed E-state index contributed by atoms with van der Waals surface area (Å²) in [5, 5.41) is 6.71. The van der Waals surface area contributed by atoms with Crippen molar-refractivity contribution in [3.8, 4) is 0 Å². The summed E-state index contributed by atoms with van der Waals surface area (Å²) >= 11 is 1.12. The number of anilines is 1. The predicted molar refractivity (Wildman–Crippen MR) is 48.0 cm³/mol. The average Bonchev–Trinajstić information content (AvgIpc) is 2.29.